The summed E-state index contributed by atoms with van der Waals surface area (Å²) in [6, 6.07) is 5.07. The van der Waals surface area contributed by atoms with Crippen molar-refractivity contribution in [1.82, 2.24) is 9.55 Å². The molecule has 10 heteroatoms. The smallest absolute Gasteiger partial charge is 0.414 e. The Kier molecular flexibility index (Phi) is 5.36. The molecule has 0 saturated carbocycles. The number of fused-ring (bicyclic) bond motifs is 1. The first kappa shape index (κ1) is 19.2. The van der Waals surface area contributed by atoms with Gasteiger partial charge in [-0.1, -0.05) is 12.2 Å². The minimum Gasteiger partial charge on any atom is -0.462 e. The van der Waals surface area contributed by atoms with E-state index in [0.717, 1.165) is 0 Å². The quantitative estimate of drug-likeness (QED) is 0.748. The Morgan fingerprint density at radius 3 is 3.00 bits per heavy atom. The average Bonchev–Trinajstić information content (AvgIpc) is 3.27. The van der Waals surface area contributed by atoms with Gasteiger partial charge in [0, 0.05) is 12.1 Å². The molecule has 0 unspecified atom stereocenters. The molecule has 1 amide bonds. The SMILES string of the molecule is NC[C@H]1CN(c2ccc(/C=C/CO[C@@H]3COc4nc(N)cn4C3)c(F)c2)C(=O)O1. The molecule has 154 valence electrons. The van der Waals surface area contributed by atoms with Crippen LogP contribution >= 0.6 is 0 Å². The van der Waals surface area contributed by atoms with E-state index in [1.54, 1.807) is 35.0 Å². The first-order valence-corrected chi connectivity index (χ1v) is 9.25. The third kappa shape index (κ3) is 4.17. The van der Waals surface area contributed by atoms with Gasteiger partial charge in [0.25, 0.3) is 6.01 Å². The summed E-state index contributed by atoms with van der Waals surface area (Å²) in [6.07, 6.45) is 4.02. The fourth-order valence-corrected chi connectivity index (χ4v) is 3.25. The van der Waals surface area contributed by atoms with E-state index in [1.807, 2.05) is 0 Å². The molecule has 1 saturated heterocycles. The highest BCUT2D eigenvalue weighted by molar-refractivity contribution is 5.89. The Morgan fingerprint density at radius 1 is 1.38 bits per heavy atom. The molecule has 1 aromatic carbocycles. The zero-order valence-electron chi connectivity index (χ0n) is 15.7. The number of carbonyl (C=O) groups is 1. The van der Waals surface area contributed by atoms with Crippen LogP contribution in [0.5, 0.6) is 6.01 Å². The lowest BCUT2D eigenvalue weighted by atomic mass is 10.1. The van der Waals surface area contributed by atoms with Crippen molar-refractivity contribution in [2.24, 2.45) is 5.73 Å². The van der Waals surface area contributed by atoms with Gasteiger partial charge < -0.3 is 25.7 Å². The molecular formula is C19H22FN5O4. The number of halogens is 1. The normalized spacial score (nSPS) is 21.3. The predicted octanol–water partition coefficient (Wildman–Crippen LogP) is 1.38. The van der Waals surface area contributed by atoms with Crippen molar-refractivity contribution in [2.45, 2.75) is 18.8 Å². The standard InChI is InChI=1S/C19H22FN5O4/c20-16-6-13(25-9-14(7-21)29-19(25)26)4-3-12(16)2-1-5-27-15-8-24-10-17(22)23-18(24)28-11-15/h1-4,6,10,14-15H,5,7-9,11,21-22H2/b2-1+/t14-,15-/m0/s1. The first-order chi connectivity index (χ1) is 14.0. The van der Waals surface area contributed by atoms with Crippen molar-refractivity contribution in [3.8, 4) is 6.01 Å². The second-order valence-corrected chi connectivity index (χ2v) is 6.83. The second kappa shape index (κ2) is 8.10. The van der Waals surface area contributed by atoms with Gasteiger partial charge in [0.05, 0.1) is 31.6 Å². The van der Waals surface area contributed by atoms with E-state index in [-0.39, 0.29) is 18.8 Å². The predicted molar refractivity (Wildman–Crippen MR) is 104 cm³/mol. The summed E-state index contributed by atoms with van der Waals surface area (Å²) < 4.78 is 32.6. The van der Waals surface area contributed by atoms with Gasteiger partial charge in [0.2, 0.25) is 0 Å². The van der Waals surface area contributed by atoms with Crippen molar-refractivity contribution in [3.63, 3.8) is 0 Å². The van der Waals surface area contributed by atoms with Crippen LogP contribution in [0, 0.1) is 5.82 Å². The van der Waals surface area contributed by atoms with Crippen LogP contribution in [-0.4, -0.2) is 54.2 Å². The number of nitrogen functional groups attached to an aromatic ring is 1. The zero-order chi connectivity index (χ0) is 20.4. The highest BCUT2D eigenvalue weighted by Gasteiger charge is 2.31. The van der Waals surface area contributed by atoms with Crippen LogP contribution < -0.4 is 21.1 Å². The van der Waals surface area contributed by atoms with Crippen LogP contribution in [-0.2, 0) is 16.0 Å². The number of anilines is 2. The van der Waals surface area contributed by atoms with Gasteiger partial charge in [-0.05, 0) is 18.2 Å². The minimum atomic E-state index is -0.519. The molecular weight excluding hydrogens is 381 g/mol. The fraction of sp³-hybridized carbons (Fsp3) is 0.368. The van der Waals surface area contributed by atoms with Crippen molar-refractivity contribution >= 4 is 23.7 Å². The van der Waals surface area contributed by atoms with Gasteiger partial charge in [0.15, 0.2) is 0 Å². The van der Waals surface area contributed by atoms with Crippen molar-refractivity contribution in [3.05, 3.63) is 41.9 Å². The Bertz CT molecular complexity index is 931. The van der Waals surface area contributed by atoms with Crippen molar-refractivity contribution in [1.29, 1.82) is 0 Å². The van der Waals surface area contributed by atoms with Crippen LogP contribution in [0.3, 0.4) is 0 Å². The topological polar surface area (TPSA) is 118 Å². The van der Waals surface area contributed by atoms with Gasteiger partial charge in [-0.3, -0.25) is 9.47 Å². The molecule has 0 aliphatic carbocycles. The number of amides is 1. The monoisotopic (exact) mass is 403 g/mol. The van der Waals surface area contributed by atoms with Crippen LogP contribution in [0.1, 0.15) is 5.56 Å². The van der Waals surface area contributed by atoms with E-state index >= 15 is 0 Å². The number of hydrogen-bond acceptors (Lipinski definition) is 7. The number of nitrogens with zero attached hydrogens (tertiary/aromatic N) is 3. The Hall–Kier alpha value is -3.11. The van der Waals surface area contributed by atoms with E-state index < -0.39 is 11.9 Å². The minimum absolute atomic E-state index is 0.148. The number of rotatable bonds is 6. The molecule has 0 bridgehead atoms. The van der Waals surface area contributed by atoms with Crippen LogP contribution in [0.2, 0.25) is 0 Å². The molecule has 2 aromatic rings. The lowest BCUT2D eigenvalue weighted by molar-refractivity contribution is 0.00256. The van der Waals surface area contributed by atoms with Gasteiger partial charge in [0.1, 0.15) is 30.4 Å². The lowest BCUT2D eigenvalue weighted by Crippen LogP contribution is -2.32. The molecule has 9 nitrogen and oxygen atoms in total. The summed E-state index contributed by atoms with van der Waals surface area (Å²) in [5.74, 6) is -0.0394. The van der Waals surface area contributed by atoms with Crippen molar-refractivity contribution in [2.75, 3.05) is 36.9 Å². The Morgan fingerprint density at radius 2 is 2.24 bits per heavy atom. The molecule has 2 aliphatic heterocycles. The molecule has 29 heavy (non-hydrogen) atoms. The molecule has 3 heterocycles. The maximum atomic E-state index is 14.4. The van der Waals surface area contributed by atoms with Crippen LogP contribution in [0.4, 0.5) is 20.7 Å². The number of benzene rings is 1. The number of carbonyl (C=O) groups excluding carboxylic acids is 1. The molecule has 1 fully saturated rings. The lowest BCUT2D eigenvalue weighted by Gasteiger charge is -2.23. The summed E-state index contributed by atoms with van der Waals surface area (Å²) in [7, 11) is 0. The maximum Gasteiger partial charge on any atom is 0.414 e. The van der Waals surface area contributed by atoms with E-state index in [4.69, 9.17) is 25.7 Å². The molecule has 2 aliphatic rings. The Labute approximate surface area is 166 Å². The number of aromatic nitrogens is 2. The van der Waals surface area contributed by atoms with Crippen molar-refractivity contribution < 1.29 is 23.4 Å². The fourth-order valence-electron chi connectivity index (χ4n) is 3.25. The van der Waals surface area contributed by atoms with Crippen LogP contribution in [0.15, 0.2) is 30.5 Å². The average molecular weight is 403 g/mol. The number of hydrogen-bond donors (Lipinski definition) is 2. The second-order valence-electron chi connectivity index (χ2n) is 6.83. The van der Waals surface area contributed by atoms with E-state index in [2.05, 4.69) is 4.98 Å². The van der Waals surface area contributed by atoms with Gasteiger partial charge in [-0.15, -0.1) is 0 Å². The third-order valence-electron chi connectivity index (χ3n) is 4.72. The van der Waals surface area contributed by atoms with Gasteiger partial charge in [-0.25, -0.2) is 9.18 Å². The summed E-state index contributed by atoms with van der Waals surface area (Å²) in [6.45, 7) is 1.80. The molecule has 4 N–H and O–H groups in total. The molecule has 0 radical (unpaired) electrons. The van der Waals surface area contributed by atoms with E-state index in [1.165, 1.54) is 11.0 Å². The molecule has 1 aromatic heterocycles. The molecule has 4 rings (SSSR count). The first-order valence-electron chi connectivity index (χ1n) is 9.25. The zero-order valence-corrected chi connectivity index (χ0v) is 15.7. The third-order valence-corrected chi connectivity index (χ3v) is 4.72. The highest BCUT2D eigenvalue weighted by Crippen LogP contribution is 2.24. The number of ether oxygens (including phenoxy) is 3. The van der Waals surface area contributed by atoms with E-state index in [0.29, 0.717) is 49.4 Å². The number of cyclic esters (lactones) is 1. The van der Waals surface area contributed by atoms with Gasteiger partial charge >= 0.3 is 6.09 Å². The number of nitrogens with two attached hydrogens (primary N) is 2. The highest BCUT2D eigenvalue weighted by atomic mass is 19.1. The largest absolute Gasteiger partial charge is 0.462 e. The van der Waals surface area contributed by atoms with E-state index in [9.17, 15) is 9.18 Å². The molecule has 2 atom stereocenters. The summed E-state index contributed by atoms with van der Waals surface area (Å²) in [5, 5.41) is 0. The Balaban J connectivity index is 1.32. The maximum absolute atomic E-state index is 14.4. The number of imidazole rings is 1. The van der Waals surface area contributed by atoms with Gasteiger partial charge in [-0.2, -0.15) is 4.98 Å². The summed E-state index contributed by atoms with van der Waals surface area (Å²) in [5.41, 5.74) is 12.0. The summed E-state index contributed by atoms with van der Waals surface area (Å²) in [4.78, 5) is 17.3. The molecule has 0 spiro atoms. The van der Waals surface area contributed by atoms with Crippen LogP contribution in [0.25, 0.3) is 6.08 Å². The summed E-state index contributed by atoms with van der Waals surface area (Å²) >= 11 is 0.